The zero-order valence-corrected chi connectivity index (χ0v) is 16.3. The zero-order chi connectivity index (χ0) is 19.0. The Hall–Kier alpha value is -1.64. The summed E-state index contributed by atoms with van der Waals surface area (Å²) in [5.74, 6) is -0.321. The minimum absolute atomic E-state index is 0.150. The summed E-state index contributed by atoms with van der Waals surface area (Å²) in [6.07, 6.45) is 1.37. The lowest BCUT2D eigenvalue weighted by molar-refractivity contribution is -0.117. The molecule has 1 rings (SSSR count). The second kappa shape index (κ2) is 9.74. The maximum Gasteiger partial charge on any atom is 0.243 e. The molecule has 0 saturated carbocycles. The van der Waals surface area contributed by atoms with Gasteiger partial charge in [-0.05, 0) is 31.5 Å². The minimum Gasteiger partial charge on any atom is -0.384 e. The van der Waals surface area contributed by atoms with Crippen LogP contribution in [-0.4, -0.2) is 44.3 Å². The molecule has 8 heteroatoms. The summed E-state index contributed by atoms with van der Waals surface area (Å²) < 4.78 is 26.8. The van der Waals surface area contributed by atoms with Crippen LogP contribution in [0.4, 0.5) is 11.4 Å². The van der Waals surface area contributed by atoms with E-state index in [1.165, 1.54) is 10.4 Å². The average molecular weight is 371 g/mol. The summed E-state index contributed by atoms with van der Waals surface area (Å²) in [6, 6.07) is 4.08. The van der Waals surface area contributed by atoms with E-state index >= 15 is 0 Å². The molecule has 1 aromatic rings. The first kappa shape index (κ1) is 21.4. The predicted molar refractivity (Wildman–Crippen MR) is 102 cm³/mol. The van der Waals surface area contributed by atoms with Crippen LogP contribution in [0.3, 0.4) is 0 Å². The fraction of sp³-hybridized carbons (Fsp3) is 0.588. The molecule has 0 fully saturated rings. The van der Waals surface area contributed by atoms with Gasteiger partial charge in [-0.3, -0.25) is 4.79 Å². The quantitative estimate of drug-likeness (QED) is 0.586. The summed E-state index contributed by atoms with van der Waals surface area (Å²) in [6.45, 7) is 8.88. The Morgan fingerprint density at radius 1 is 1.16 bits per heavy atom. The summed E-state index contributed by atoms with van der Waals surface area (Å²) in [4.78, 5) is 12.4. The largest absolute Gasteiger partial charge is 0.384 e. The molecule has 0 aliphatic heterocycles. The van der Waals surface area contributed by atoms with Crippen molar-refractivity contribution in [3.05, 3.63) is 18.2 Å². The maximum absolute atomic E-state index is 12.7. The number of carbonyl (C=O) groups is 1. The molecule has 7 nitrogen and oxygen atoms in total. The second-order valence-electron chi connectivity index (χ2n) is 5.71. The van der Waals surface area contributed by atoms with Crippen LogP contribution in [0.15, 0.2) is 23.1 Å². The third-order valence-corrected chi connectivity index (χ3v) is 5.94. The predicted octanol–water partition coefficient (Wildman–Crippen LogP) is 2.21. The van der Waals surface area contributed by atoms with Crippen LogP contribution >= 0.6 is 0 Å². The van der Waals surface area contributed by atoms with Gasteiger partial charge in [0.05, 0.1) is 22.3 Å². The highest BCUT2D eigenvalue weighted by atomic mass is 32.2. The number of hydrogen-bond acceptors (Lipinski definition) is 5. The Balaban J connectivity index is 3.23. The summed E-state index contributed by atoms with van der Waals surface area (Å²) in [7, 11) is -3.60. The molecule has 0 saturated heterocycles. The lowest BCUT2D eigenvalue weighted by atomic mass is 10.1. The zero-order valence-electron chi connectivity index (χ0n) is 15.5. The molecule has 0 heterocycles. The van der Waals surface area contributed by atoms with E-state index in [0.717, 1.165) is 6.42 Å². The molecule has 0 bridgehead atoms. The van der Waals surface area contributed by atoms with Gasteiger partial charge >= 0.3 is 0 Å². The van der Waals surface area contributed by atoms with E-state index in [9.17, 15) is 13.2 Å². The topological polar surface area (TPSA) is 105 Å². The Morgan fingerprint density at radius 3 is 2.32 bits per heavy atom. The van der Waals surface area contributed by atoms with Crippen molar-refractivity contribution in [2.24, 2.45) is 5.73 Å². The van der Waals surface area contributed by atoms with Crippen LogP contribution in [0, 0.1) is 0 Å². The first-order valence-corrected chi connectivity index (χ1v) is 10.2. The molecule has 1 unspecified atom stereocenters. The highest BCUT2D eigenvalue weighted by Gasteiger charge is 2.23. The number of nitrogens with one attached hydrogen (secondary N) is 2. The molecule has 142 valence electrons. The van der Waals surface area contributed by atoms with E-state index in [-0.39, 0.29) is 10.8 Å². The molecule has 0 spiro atoms. The molecular formula is C17H30N4O3S. The number of hydrogen-bond donors (Lipinski definition) is 3. The van der Waals surface area contributed by atoms with Gasteiger partial charge in [0.2, 0.25) is 15.9 Å². The van der Waals surface area contributed by atoms with Gasteiger partial charge in [-0.2, -0.15) is 4.31 Å². The van der Waals surface area contributed by atoms with E-state index < -0.39 is 16.1 Å². The van der Waals surface area contributed by atoms with Crippen LogP contribution < -0.4 is 16.4 Å². The fourth-order valence-electron chi connectivity index (χ4n) is 2.51. The standard InChI is InChI=1S/C17H30N4O3S/c1-5-9-14(18)17(22)20-16-12-13(10-11-15(16)19-6-2)25(23,24)21(7-3)8-4/h10-12,14,19H,5-9,18H2,1-4H3,(H,20,22). The van der Waals surface area contributed by atoms with Crippen molar-refractivity contribution >= 4 is 27.3 Å². The Morgan fingerprint density at radius 2 is 1.80 bits per heavy atom. The van der Waals surface area contributed by atoms with Crippen molar-refractivity contribution in [1.29, 1.82) is 0 Å². The normalized spacial score (nSPS) is 12.9. The summed E-state index contributed by atoms with van der Waals surface area (Å²) in [5.41, 5.74) is 6.94. The fourth-order valence-corrected chi connectivity index (χ4v) is 4.00. The van der Waals surface area contributed by atoms with Crippen LogP contribution in [-0.2, 0) is 14.8 Å². The van der Waals surface area contributed by atoms with E-state index in [1.807, 2.05) is 13.8 Å². The van der Waals surface area contributed by atoms with Gasteiger partial charge in [0.15, 0.2) is 0 Å². The molecule has 0 aromatic heterocycles. The Bertz CT molecular complexity index is 672. The number of anilines is 2. The molecular weight excluding hydrogens is 340 g/mol. The first-order chi connectivity index (χ1) is 11.8. The number of sulfonamides is 1. The summed E-state index contributed by atoms with van der Waals surface area (Å²) >= 11 is 0. The molecule has 0 radical (unpaired) electrons. The van der Waals surface area contributed by atoms with Crippen molar-refractivity contribution in [3.8, 4) is 0 Å². The molecule has 25 heavy (non-hydrogen) atoms. The lowest BCUT2D eigenvalue weighted by Gasteiger charge is -2.20. The molecule has 1 aromatic carbocycles. The number of benzene rings is 1. The number of carbonyl (C=O) groups excluding carboxylic acids is 1. The smallest absolute Gasteiger partial charge is 0.243 e. The van der Waals surface area contributed by atoms with Crippen LogP contribution in [0.5, 0.6) is 0 Å². The van der Waals surface area contributed by atoms with Crippen molar-refractivity contribution in [2.45, 2.75) is 51.5 Å². The van der Waals surface area contributed by atoms with E-state index in [2.05, 4.69) is 10.6 Å². The van der Waals surface area contributed by atoms with Gasteiger partial charge in [0, 0.05) is 19.6 Å². The van der Waals surface area contributed by atoms with Crippen LogP contribution in [0.2, 0.25) is 0 Å². The third-order valence-electron chi connectivity index (χ3n) is 3.90. The van der Waals surface area contributed by atoms with E-state index in [1.54, 1.807) is 26.0 Å². The number of nitrogens with zero attached hydrogens (tertiary/aromatic N) is 1. The van der Waals surface area contributed by atoms with Gasteiger partial charge in [-0.25, -0.2) is 8.42 Å². The number of nitrogens with two attached hydrogens (primary N) is 1. The Kier molecular flexibility index (Phi) is 8.34. The highest BCUT2D eigenvalue weighted by Crippen LogP contribution is 2.27. The average Bonchev–Trinajstić information content (AvgIpc) is 2.57. The summed E-state index contributed by atoms with van der Waals surface area (Å²) in [5, 5.41) is 5.88. The van der Waals surface area contributed by atoms with Gasteiger partial charge < -0.3 is 16.4 Å². The lowest BCUT2D eigenvalue weighted by Crippen LogP contribution is -2.35. The minimum atomic E-state index is -3.60. The second-order valence-corrected chi connectivity index (χ2v) is 7.65. The van der Waals surface area contributed by atoms with Crippen molar-refractivity contribution in [3.63, 3.8) is 0 Å². The van der Waals surface area contributed by atoms with Crippen LogP contribution in [0.1, 0.15) is 40.5 Å². The van der Waals surface area contributed by atoms with Crippen molar-refractivity contribution in [1.82, 2.24) is 4.31 Å². The van der Waals surface area contributed by atoms with E-state index in [0.29, 0.717) is 37.4 Å². The number of amides is 1. The maximum atomic E-state index is 12.7. The highest BCUT2D eigenvalue weighted by molar-refractivity contribution is 7.89. The third kappa shape index (κ3) is 5.42. The molecule has 4 N–H and O–H groups in total. The molecule has 0 aliphatic rings. The SMILES string of the molecule is CCCC(N)C(=O)Nc1cc(S(=O)(=O)N(CC)CC)ccc1NCC. The molecule has 1 atom stereocenters. The van der Waals surface area contributed by atoms with Gasteiger partial charge in [-0.15, -0.1) is 0 Å². The van der Waals surface area contributed by atoms with Crippen molar-refractivity contribution in [2.75, 3.05) is 30.3 Å². The molecule has 0 aliphatic carbocycles. The van der Waals surface area contributed by atoms with Gasteiger partial charge in [0.1, 0.15) is 0 Å². The van der Waals surface area contributed by atoms with Crippen LogP contribution in [0.25, 0.3) is 0 Å². The monoisotopic (exact) mass is 370 g/mol. The van der Waals surface area contributed by atoms with Crippen molar-refractivity contribution < 1.29 is 13.2 Å². The van der Waals surface area contributed by atoms with Gasteiger partial charge in [0.25, 0.3) is 0 Å². The Labute approximate surface area is 151 Å². The molecule has 1 amide bonds. The first-order valence-electron chi connectivity index (χ1n) is 8.76. The van der Waals surface area contributed by atoms with E-state index in [4.69, 9.17) is 5.73 Å². The number of rotatable bonds is 10. The van der Waals surface area contributed by atoms with Gasteiger partial charge in [-0.1, -0.05) is 27.2 Å².